The second kappa shape index (κ2) is 4.79. The molecule has 0 bridgehead atoms. The minimum absolute atomic E-state index is 0.375. The maximum absolute atomic E-state index is 6.06. The Morgan fingerprint density at radius 1 is 1.40 bits per heavy atom. The van der Waals surface area contributed by atoms with E-state index in [0.717, 1.165) is 30.9 Å². The summed E-state index contributed by atoms with van der Waals surface area (Å²) in [6.07, 6.45) is 6.92. The lowest BCUT2D eigenvalue weighted by Gasteiger charge is -2.12. The average molecular weight is 226 g/mol. The maximum atomic E-state index is 6.06. The number of halogens is 1. The fraction of sp³-hybridized carbons (Fsp3) is 0.636. The first kappa shape index (κ1) is 10.7. The summed E-state index contributed by atoms with van der Waals surface area (Å²) < 4.78 is 0. The van der Waals surface area contributed by atoms with Gasteiger partial charge in [-0.05, 0) is 32.1 Å². The molecular formula is C11H16ClN3. The number of nitrogens with one attached hydrogen (secondary N) is 1. The summed E-state index contributed by atoms with van der Waals surface area (Å²) in [6, 6.07) is 0. The predicted octanol–water partition coefficient (Wildman–Crippen LogP) is 2.60. The van der Waals surface area contributed by atoms with Crippen LogP contribution in [-0.4, -0.2) is 21.9 Å². The van der Waals surface area contributed by atoms with Crippen LogP contribution in [0.3, 0.4) is 0 Å². The standard InChI is InChI=1S/C11H16ClN3/c1-8-11(14-5-4-13-8)15-7-9-2-3-10(12)6-9/h4-5,9-10H,2-3,6-7H2,1H3,(H,14,15). The molecule has 0 amide bonds. The maximum Gasteiger partial charge on any atom is 0.147 e. The average Bonchev–Trinajstić information content (AvgIpc) is 2.63. The van der Waals surface area contributed by atoms with Gasteiger partial charge in [-0.3, -0.25) is 4.98 Å². The molecule has 1 aliphatic carbocycles. The molecule has 15 heavy (non-hydrogen) atoms. The summed E-state index contributed by atoms with van der Waals surface area (Å²) in [5.41, 5.74) is 0.956. The Bertz CT molecular complexity index is 329. The zero-order chi connectivity index (χ0) is 10.7. The van der Waals surface area contributed by atoms with Crippen LogP contribution in [0.2, 0.25) is 0 Å². The van der Waals surface area contributed by atoms with Gasteiger partial charge in [0.25, 0.3) is 0 Å². The molecule has 1 N–H and O–H groups in total. The molecule has 2 atom stereocenters. The molecule has 1 aliphatic rings. The first-order chi connectivity index (χ1) is 7.25. The second-order valence-corrected chi connectivity index (χ2v) is 4.76. The van der Waals surface area contributed by atoms with Crippen LogP contribution in [0.5, 0.6) is 0 Å². The lowest BCUT2D eigenvalue weighted by atomic mass is 10.1. The fourth-order valence-corrected chi connectivity index (χ4v) is 2.40. The molecular weight excluding hydrogens is 210 g/mol. The minimum Gasteiger partial charge on any atom is -0.368 e. The van der Waals surface area contributed by atoms with Crippen molar-refractivity contribution >= 4 is 17.4 Å². The lowest BCUT2D eigenvalue weighted by molar-refractivity contribution is 0.579. The summed E-state index contributed by atoms with van der Waals surface area (Å²) in [5, 5.41) is 3.72. The number of hydrogen-bond acceptors (Lipinski definition) is 3. The molecule has 0 radical (unpaired) electrons. The van der Waals surface area contributed by atoms with E-state index in [1.165, 1.54) is 6.42 Å². The number of hydrogen-bond donors (Lipinski definition) is 1. The van der Waals surface area contributed by atoms with E-state index in [1.54, 1.807) is 12.4 Å². The van der Waals surface area contributed by atoms with Crippen molar-refractivity contribution in [2.24, 2.45) is 5.92 Å². The number of anilines is 1. The van der Waals surface area contributed by atoms with Gasteiger partial charge in [0.15, 0.2) is 0 Å². The highest BCUT2D eigenvalue weighted by molar-refractivity contribution is 6.20. The monoisotopic (exact) mass is 225 g/mol. The molecule has 0 aliphatic heterocycles. The third-order valence-corrected chi connectivity index (χ3v) is 3.31. The number of aryl methyl sites for hydroxylation is 1. The molecule has 82 valence electrons. The zero-order valence-electron chi connectivity index (χ0n) is 8.91. The van der Waals surface area contributed by atoms with Gasteiger partial charge in [0.2, 0.25) is 0 Å². The Morgan fingerprint density at radius 2 is 2.20 bits per heavy atom. The summed E-state index contributed by atoms with van der Waals surface area (Å²) in [6.45, 7) is 2.93. The van der Waals surface area contributed by atoms with Gasteiger partial charge in [-0.1, -0.05) is 0 Å². The largest absolute Gasteiger partial charge is 0.368 e. The van der Waals surface area contributed by atoms with Crippen LogP contribution in [0.4, 0.5) is 5.82 Å². The summed E-state index contributed by atoms with van der Waals surface area (Å²) >= 11 is 6.06. The molecule has 2 rings (SSSR count). The molecule has 1 aromatic heterocycles. The van der Waals surface area contributed by atoms with E-state index in [2.05, 4.69) is 15.3 Å². The first-order valence-electron chi connectivity index (χ1n) is 5.41. The van der Waals surface area contributed by atoms with Gasteiger partial charge in [-0.25, -0.2) is 4.98 Å². The van der Waals surface area contributed by atoms with Crippen LogP contribution in [0.1, 0.15) is 25.0 Å². The van der Waals surface area contributed by atoms with Gasteiger partial charge >= 0.3 is 0 Å². The molecule has 4 heteroatoms. The van der Waals surface area contributed by atoms with Gasteiger partial charge < -0.3 is 5.32 Å². The highest BCUT2D eigenvalue weighted by Crippen LogP contribution is 2.29. The Morgan fingerprint density at radius 3 is 2.87 bits per heavy atom. The Labute approximate surface area is 95.3 Å². The smallest absolute Gasteiger partial charge is 0.147 e. The van der Waals surface area contributed by atoms with Crippen molar-refractivity contribution in [3.8, 4) is 0 Å². The van der Waals surface area contributed by atoms with Crippen molar-refractivity contribution in [3.05, 3.63) is 18.1 Å². The highest BCUT2D eigenvalue weighted by atomic mass is 35.5. The molecule has 1 heterocycles. The third-order valence-electron chi connectivity index (χ3n) is 2.92. The van der Waals surface area contributed by atoms with Gasteiger partial charge in [0.1, 0.15) is 5.82 Å². The molecule has 0 spiro atoms. The Hall–Kier alpha value is -0.830. The Kier molecular flexibility index (Phi) is 3.41. The number of rotatable bonds is 3. The van der Waals surface area contributed by atoms with Crippen LogP contribution < -0.4 is 5.32 Å². The fourth-order valence-electron chi connectivity index (χ4n) is 2.02. The van der Waals surface area contributed by atoms with Crippen LogP contribution in [-0.2, 0) is 0 Å². The van der Waals surface area contributed by atoms with E-state index in [-0.39, 0.29) is 0 Å². The molecule has 1 fully saturated rings. The van der Waals surface area contributed by atoms with E-state index in [4.69, 9.17) is 11.6 Å². The van der Waals surface area contributed by atoms with Crippen LogP contribution in [0, 0.1) is 12.8 Å². The van der Waals surface area contributed by atoms with Gasteiger partial charge in [-0.15, -0.1) is 11.6 Å². The van der Waals surface area contributed by atoms with E-state index < -0.39 is 0 Å². The topological polar surface area (TPSA) is 37.8 Å². The SMILES string of the molecule is Cc1nccnc1NCC1CCC(Cl)C1. The van der Waals surface area contributed by atoms with Crippen molar-refractivity contribution < 1.29 is 0 Å². The third kappa shape index (κ3) is 2.81. The summed E-state index contributed by atoms with van der Waals surface area (Å²) in [7, 11) is 0. The van der Waals surface area contributed by atoms with Crippen molar-refractivity contribution in [2.75, 3.05) is 11.9 Å². The van der Waals surface area contributed by atoms with Crippen molar-refractivity contribution in [2.45, 2.75) is 31.6 Å². The van der Waals surface area contributed by atoms with E-state index >= 15 is 0 Å². The lowest BCUT2D eigenvalue weighted by Crippen LogP contribution is -2.13. The molecule has 1 saturated carbocycles. The van der Waals surface area contributed by atoms with Crippen molar-refractivity contribution in [1.29, 1.82) is 0 Å². The zero-order valence-corrected chi connectivity index (χ0v) is 9.67. The van der Waals surface area contributed by atoms with Crippen molar-refractivity contribution in [1.82, 2.24) is 9.97 Å². The summed E-state index contributed by atoms with van der Waals surface area (Å²) in [4.78, 5) is 8.44. The second-order valence-electron chi connectivity index (χ2n) is 4.15. The molecule has 0 saturated heterocycles. The molecule has 1 aromatic rings. The molecule has 2 unspecified atom stereocenters. The first-order valence-corrected chi connectivity index (χ1v) is 5.85. The van der Waals surface area contributed by atoms with Crippen LogP contribution in [0.15, 0.2) is 12.4 Å². The van der Waals surface area contributed by atoms with E-state index in [1.807, 2.05) is 6.92 Å². The van der Waals surface area contributed by atoms with Crippen LogP contribution in [0.25, 0.3) is 0 Å². The highest BCUT2D eigenvalue weighted by Gasteiger charge is 2.22. The van der Waals surface area contributed by atoms with E-state index in [0.29, 0.717) is 11.3 Å². The quantitative estimate of drug-likeness (QED) is 0.804. The van der Waals surface area contributed by atoms with Gasteiger partial charge in [0, 0.05) is 24.3 Å². The van der Waals surface area contributed by atoms with E-state index in [9.17, 15) is 0 Å². The predicted molar refractivity (Wildman–Crippen MR) is 62.2 cm³/mol. The normalized spacial score (nSPS) is 25.5. The molecule has 0 aromatic carbocycles. The number of nitrogens with zero attached hydrogens (tertiary/aromatic N) is 2. The summed E-state index contributed by atoms with van der Waals surface area (Å²) in [5.74, 6) is 1.59. The minimum atomic E-state index is 0.375. The van der Waals surface area contributed by atoms with Crippen molar-refractivity contribution in [3.63, 3.8) is 0 Å². The number of alkyl halides is 1. The Balaban J connectivity index is 1.86. The molecule has 3 nitrogen and oxygen atoms in total. The van der Waals surface area contributed by atoms with Crippen LogP contribution >= 0.6 is 11.6 Å². The number of aromatic nitrogens is 2. The van der Waals surface area contributed by atoms with Gasteiger partial charge in [0.05, 0.1) is 5.69 Å². The van der Waals surface area contributed by atoms with Gasteiger partial charge in [-0.2, -0.15) is 0 Å².